The lowest BCUT2D eigenvalue weighted by atomic mass is 9.97. The Morgan fingerprint density at radius 2 is 1.70 bits per heavy atom. The van der Waals surface area contributed by atoms with Gasteiger partial charge in [0.2, 0.25) is 11.5 Å². The van der Waals surface area contributed by atoms with Crippen LogP contribution in [0.2, 0.25) is 0 Å². The van der Waals surface area contributed by atoms with E-state index < -0.39 is 6.04 Å². The van der Waals surface area contributed by atoms with Gasteiger partial charge >= 0.3 is 0 Å². The number of amides is 1. The SMILES string of the molecule is COCCCN1C(=O)c2oc3ccc(Br)cc3c(=O)c2C1c1cc(OC)c(OC)c(OC)c1. The third kappa shape index (κ3) is 3.95. The molecule has 0 bridgehead atoms. The first-order valence-electron chi connectivity index (χ1n) is 10.3. The van der Waals surface area contributed by atoms with E-state index in [2.05, 4.69) is 15.9 Å². The fraction of sp³-hybridized carbons (Fsp3) is 0.333. The van der Waals surface area contributed by atoms with Crippen LogP contribution in [-0.2, 0) is 4.74 Å². The molecule has 2 aromatic carbocycles. The molecule has 1 atom stereocenters. The van der Waals surface area contributed by atoms with Crippen LogP contribution in [0.25, 0.3) is 11.0 Å². The maximum absolute atomic E-state index is 13.6. The Bertz CT molecular complexity index is 1240. The van der Waals surface area contributed by atoms with Crippen LogP contribution in [0.5, 0.6) is 17.2 Å². The zero-order chi connectivity index (χ0) is 23.7. The summed E-state index contributed by atoms with van der Waals surface area (Å²) >= 11 is 3.41. The van der Waals surface area contributed by atoms with Gasteiger partial charge in [0.05, 0.1) is 38.3 Å². The normalized spacial score (nSPS) is 15.1. The molecular weight excluding hydrogens is 494 g/mol. The number of carbonyl (C=O) groups is 1. The molecule has 2 heterocycles. The fourth-order valence-electron chi connectivity index (χ4n) is 4.21. The molecule has 9 heteroatoms. The molecular formula is C24H24BrNO7. The van der Waals surface area contributed by atoms with E-state index in [-0.39, 0.29) is 22.7 Å². The summed E-state index contributed by atoms with van der Waals surface area (Å²) < 4.78 is 28.3. The molecule has 3 aromatic rings. The second-order valence-corrected chi connectivity index (χ2v) is 8.44. The minimum absolute atomic E-state index is 0.0472. The van der Waals surface area contributed by atoms with Crippen molar-refractivity contribution in [3.05, 3.63) is 61.9 Å². The maximum Gasteiger partial charge on any atom is 0.290 e. The van der Waals surface area contributed by atoms with Crippen LogP contribution in [0.1, 0.15) is 34.1 Å². The molecule has 4 rings (SSSR count). The van der Waals surface area contributed by atoms with Gasteiger partial charge in [-0.3, -0.25) is 9.59 Å². The highest BCUT2D eigenvalue weighted by atomic mass is 79.9. The number of fused-ring (bicyclic) bond motifs is 2. The first kappa shape index (κ1) is 23.1. The summed E-state index contributed by atoms with van der Waals surface area (Å²) in [7, 11) is 6.16. The number of nitrogens with zero attached hydrogens (tertiary/aromatic N) is 1. The van der Waals surface area contributed by atoms with Gasteiger partial charge in [0.1, 0.15) is 5.58 Å². The lowest BCUT2D eigenvalue weighted by Gasteiger charge is -2.26. The third-order valence-corrected chi connectivity index (χ3v) is 6.17. The van der Waals surface area contributed by atoms with E-state index in [4.69, 9.17) is 23.4 Å². The quantitative estimate of drug-likeness (QED) is 0.414. The summed E-state index contributed by atoms with van der Waals surface area (Å²) in [6.45, 7) is 0.843. The summed E-state index contributed by atoms with van der Waals surface area (Å²) in [5, 5.41) is 0.395. The van der Waals surface area contributed by atoms with Gasteiger partial charge in [-0.25, -0.2) is 0 Å². The van der Waals surface area contributed by atoms with Gasteiger partial charge in [0.25, 0.3) is 5.91 Å². The molecule has 1 aromatic heterocycles. The molecule has 0 spiro atoms. The van der Waals surface area contributed by atoms with E-state index in [9.17, 15) is 9.59 Å². The van der Waals surface area contributed by atoms with E-state index in [0.29, 0.717) is 53.4 Å². The zero-order valence-corrected chi connectivity index (χ0v) is 20.4. The molecule has 33 heavy (non-hydrogen) atoms. The van der Waals surface area contributed by atoms with Gasteiger partial charge in [-0.15, -0.1) is 0 Å². The number of hydrogen-bond donors (Lipinski definition) is 0. The molecule has 0 aliphatic carbocycles. The fourth-order valence-corrected chi connectivity index (χ4v) is 4.57. The molecule has 0 saturated carbocycles. The van der Waals surface area contributed by atoms with E-state index in [1.807, 2.05) is 0 Å². The summed E-state index contributed by atoms with van der Waals surface area (Å²) in [5.74, 6) is 0.983. The number of carbonyl (C=O) groups excluding carboxylic acids is 1. The number of hydrogen-bond acceptors (Lipinski definition) is 7. The first-order chi connectivity index (χ1) is 15.9. The smallest absolute Gasteiger partial charge is 0.290 e. The Morgan fingerprint density at radius 3 is 2.30 bits per heavy atom. The predicted octanol–water partition coefficient (Wildman–Crippen LogP) is 4.16. The highest BCUT2D eigenvalue weighted by Gasteiger charge is 2.43. The number of ether oxygens (including phenoxy) is 4. The standard InChI is InChI=1S/C24H24BrNO7/c1-29-9-5-8-26-20(13-10-17(30-2)22(32-4)18(11-13)31-3)19-21(27)15-12-14(25)6-7-16(15)33-23(19)24(26)28/h6-7,10-12,20H,5,8-9H2,1-4H3. The molecule has 0 fully saturated rings. The maximum atomic E-state index is 13.6. The monoisotopic (exact) mass is 517 g/mol. The summed E-state index contributed by atoms with van der Waals surface area (Å²) in [6.07, 6.45) is 0.594. The van der Waals surface area contributed by atoms with Crippen molar-refractivity contribution in [3.8, 4) is 17.2 Å². The van der Waals surface area contributed by atoms with Crippen molar-refractivity contribution in [3.63, 3.8) is 0 Å². The minimum Gasteiger partial charge on any atom is -0.493 e. The average Bonchev–Trinajstić information content (AvgIpc) is 3.10. The van der Waals surface area contributed by atoms with Crippen LogP contribution in [0.15, 0.2) is 44.0 Å². The summed E-state index contributed by atoms with van der Waals surface area (Å²) in [4.78, 5) is 28.7. The van der Waals surface area contributed by atoms with E-state index in [1.54, 1.807) is 42.3 Å². The molecule has 1 aliphatic heterocycles. The summed E-state index contributed by atoms with van der Waals surface area (Å²) in [5.41, 5.74) is 1.04. The number of halogens is 1. The predicted molar refractivity (Wildman–Crippen MR) is 126 cm³/mol. The van der Waals surface area contributed by atoms with Crippen molar-refractivity contribution in [2.24, 2.45) is 0 Å². The molecule has 0 saturated heterocycles. The van der Waals surface area contributed by atoms with E-state index in [0.717, 1.165) is 4.47 Å². The lowest BCUT2D eigenvalue weighted by molar-refractivity contribution is 0.0707. The van der Waals surface area contributed by atoms with Crippen molar-refractivity contribution < 1.29 is 28.2 Å². The Morgan fingerprint density at radius 1 is 1.00 bits per heavy atom. The molecule has 1 unspecified atom stereocenters. The van der Waals surface area contributed by atoms with Crippen LogP contribution in [0.4, 0.5) is 0 Å². The molecule has 0 N–H and O–H groups in total. The van der Waals surface area contributed by atoms with Crippen molar-refractivity contribution in [2.45, 2.75) is 12.5 Å². The van der Waals surface area contributed by atoms with Crippen LogP contribution < -0.4 is 19.6 Å². The van der Waals surface area contributed by atoms with Gasteiger partial charge in [-0.1, -0.05) is 15.9 Å². The second-order valence-electron chi connectivity index (χ2n) is 7.52. The van der Waals surface area contributed by atoms with Gasteiger partial charge in [0.15, 0.2) is 16.9 Å². The molecule has 8 nitrogen and oxygen atoms in total. The van der Waals surface area contributed by atoms with Crippen molar-refractivity contribution in [1.82, 2.24) is 4.90 Å². The molecule has 1 amide bonds. The van der Waals surface area contributed by atoms with Crippen LogP contribution >= 0.6 is 15.9 Å². The molecule has 174 valence electrons. The van der Waals surface area contributed by atoms with Crippen LogP contribution in [0.3, 0.4) is 0 Å². The second kappa shape index (κ2) is 9.44. The topological polar surface area (TPSA) is 87.4 Å². The Hall–Kier alpha value is -3.04. The van der Waals surface area contributed by atoms with E-state index in [1.165, 1.54) is 21.3 Å². The van der Waals surface area contributed by atoms with Gasteiger partial charge in [0, 0.05) is 24.7 Å². The Labute approximate surface area is 199 Å². The zero-order valence-electron chi connectivity index (χ0n) is 18.8. The molecule has 1 aliphatic rings. The minimum atomic E-state index is -0.683. The Kier molecular flexibility index (Phi) is 6.62. The highest BCUT2D eigenvalue weighted by Crippen LogP contribution is 2.45. The van der Waals surface area contributed by atoms with Crippen molar-refractivity contribution in [2.75, 3.05) is 41.6 Å². The van der Waals surface area contributed by atoms with Crippen LogP contribution in [-0.4, -0.2) is 52.4 Å². The van der Waals surface area contributed by atoms with Crippen molar-refractivity contribution >= 4 is 32.8 Å². The van der Waals surface area contributed by atoms with E-state index >= 15 is 0 Å². The molecule has 0 radical (unpaired) electrons. The van der Waals surface area contributed by atoms with Gasteiger partial charge in [-0.05, 0) is 42.3 Å². The Balaban J connectivity index is 1.97. The average molecular weight is 518 g/mol. The lowest BCUT2D eigenvalue weighted by Crippen LogP contribution is -2.31. The van der Waals surface area contributed by atoms with Crippen molar-refractivity contribution in [1.29, 1.82) is 0 Å². The number of benzene rings is 2. The van der Waals surface area contributed by atoms with Crippen LogP contribution in [0, 0.1) is 0 Å². The third-order valence-electron chi connectivity index (χ3n) is 5.68. The van der Waals surface area contributed by atoms with Gasteiger partial charge < -0.3 is 28.3 Å². The number of methoxy groups -OCH3 is 4. The largest absolute Gasteiger partial charge is 0.493 e. The highest BCUT2D eigenvalue weighted by molar-refractivity contribution is 9.10. The van der Waals surface area contributed by atoms with Gasteiger partial charge in [-0.2, -0.15) is 0 Å². The summed E-state index contributed by atoms with van der Waals surface area (Å²) in [6, 6.07) is 7.97. The first-order valence-corrected chi connectivity index (χ1v) is 11.1. The number of rotatable bonds is 8.